The van der Waals surface area contributed by atoms with E-state index >= 15 is 0 Å². The fourth-order valence-corrected chi connectivity index (χ4v) is 2.92. The normalized spacial score (nSPS) is 15.6. The number of hydrogen-bond acceptors (Lipinski definition) is 2. The number of nitrogens with zero attached hydrogens (tertiary/aromatic N) is 1. The van der Waals surface area contributed by atoms with Crippen LogP contribution in [0.25, 0.3) is 0 Å². The standard InChI is InChI=1S/C16H20BrClN2O2/c17-13-5-3-12(4-6-13)16(22)19-14-7-10-20(11-8-14)15(21)2-1-9-18/h3-6,14H,1-2,7-11H2,(H,19,22). The maximum absolute atomic E-state index is 12.2. The highest BCUT2D eigenvalue weighted by atomic mass is 79.9. The maximum atomic E-state index is 12.2. The minimum Gasteiger partial charge on any atom is -0.349 e. The van der Waals surface area contributed by atoms with Gasteiger partial charge in [-0.2, -0.15) is 0 Å². The van der Waals surface area contributed by atoms with Crippen molar-refractivity contribution in [2.24, 2.45) is 0 Å². The van der Waals surface area contributed by atoms with E-state index in [9.17, 15) is 9.59 Å². The number of carbonyl (C=O) groups excluding carboxylic acids is 2. The highest BCUT2D eigenvalue weighted by Crippen LogP contribution is 2.14. The second-order valence-corrected chi connectivity index (χ2v) is 6.72. The van der Waals surface area contributed by atoms with Gasteiger partial charge in [-0.05, 0) is 43.5 Å². The molecule has 1 fully saturated rings. The summed E-state index contributed by atoms with van der Waals surface area (Å²) in [5, 5.41) is 3.04. The van der Waals surface area contributed by atoms with Crippen LogP contribution in [-0.4, -0.2) is 41.7 Å². The van der Waals surface area contributed by atoms with Crippen molar-refractivity contribution in [2.45, 2.75) is 31.7 Å². The molecule has 2 amide bonds. The summed E-state index contributed by atoms with van der Waals surface area (Å²) in [7, 11) is 0. The molecule has 1 heterocycles. The molecule has 2 rings (SSSR count). The number of amides is 2. The number of hydrogen-bond donors (Lipinski definition) is 1. The van der Waals surface area contributed by atoms with E-state index in [0.717, 1.165) is 23.7 Å². The molecular weight excluding hydrogens is 368 g/mol. The van der Waals surface area contributed by atoms with Gasteiger partial charge >= 0.3 is 0 Å². The third-order valence-electron chi connectivity index (χ3n) is 3.81. The van der Waals surface area contributed by atoms with Gasteiger partial charge in [0.25, 0.3) is 5.91 Å². The van der Waals surface area contributed by atoms with Crippen molar-refractivity contribution in [3.63, 3.8) is 0 Å². The van der Waals surface area contributed by atoms with Gasteiger partial charge in [0.1, 0.15) is 0 Å². The second-order valence-electron chi connectivity index (χ2n) is 5.43. The van der Waals surface area contributed by atoms with E-state index in [0.29, 0.717) is 31.0 Å². The van der Waals surface area contributed by atoms with E-state index in [1.54, 1.807) is 12.1 Å². The Bertz CT molecular complexity index is 513. The number of nitrogens with one attached hydrogen (secondary N) is 1. The molecule has 1 aliphatic rings. The van der Waals surface area contributed by atoms with Crippen LogP contribution < -0.4 is 5.32 Å². The SMILES string of the molecule is O=C(NC1CCN(C(=O)CCCCl)CC1)c1ccc(Br)cc1. The van der Waals surface area contributed by atoms with Gasteiger partial charge in [-0.25, -0.2) is 0 Å². The van der Waals surface area contributed by atoms with Gasteiger partial charge in [-0.3, -0.25) is 9.59 Å². The smallest absolute Gasteiger partial charge is 0.251 e. The molecule has 0 saturated carbocycles. The molecule has 1 aromatic carbocycles. The molecule has 0 bridgehead atoms. The van der Waals surface area contributed by atoms with Crippen LogP contribution in [0.5, 0.6) is 0 Å². The molecule has 4 nitrogen and oxygen atoms in total. The van der Waals surface area contributed by atoms with E-state index in [2.05, 4.69) is 21.2 Å². The molecule has 1 N–H and O–H groups in total. The molecule has 120 valence electrons. The van der Waals surface area contributed by atoms with E-state index in [1.165, 1.54) is 0 Å². The van der Waals surface area contributed by atoms with Crippen molar-refractivity contribution < 1.29 is 9.59 Å². The Kier molecular flexibility index (Phi) is 6.70. The Morgan fingerprint density at radius 1 is 1.23 bits per heavy atom. The Labute approximate surface area is 144 Å². The minimum atomic E-state index is -0.0561. The van der Waals surface area contributed by atoms with E-state index < -0.39 is 0 Å². The van der Waals surface area contributed by atoms with Crippen molar-refractivity contribution >= 4 is 39.3 Å². The molecule has 0 aromatic heterocycles. The quantitative estimate of drug-likeness (QED) is 0.789. The maximum Gasteiger partial charge on any atom is 0.251 e. The summed E-state index contributed by atoms with van der Waals surface area (Å²) in [4.78, 5) is 25.9. The van der Waals surface area contributed by atoms with Crippen LogP contribution >= 0.6 is 27.5 Å². The lowest BCUT2D eigenvalue weighted by Crippen LogP contribution is -2.46. The predicted octanol–water partition coefficient (Wildman–Crippen LogP) is 3.19. The zero-order valence-electron chi connectivity index (χ0n) is 12.4. The first-order valence-corrected chi connectivity index (χ1v) is 8.83. The van der Waals surface area contributed by atoms with Gasteiger partial charge in [-0.15, -0.1) is 11.6 Å². The number of piperidine rings is 1. The number of carbonyl (C=O) groups is 2. The van der Waals surface area contributed by atoms with Gasteiger partial charge in [0.15, 0.2) is 0 Å². The van der Waals surface area contributed by atoms with Crippen LogP contribution in [0.15, 0.2) is 28.7 Å². The van der Waals surface area contributed by atoms with Crippen molar-refractivity contribution in [3.8, 4) is 0 Å². The number of halogens is 2. The Hall–Kier alpha value is -1.07. The van der Waals surface area contributed by atoms with Gasteiger partial charge in [0.05, 0.1) is 0 Å². The zero-order valence-corrected chi connectivity index (χ0v) is 14.7. The highest BCUT2D eigenvalue weighted by Gasteiger charge is 2.23. The van der Waals surface area contributed by atoms with Crippen LogP contribution in [0.1, 0.15) is 36.0 Å². The monoisotopic (exact) mass is 386 g/mol. The fraction of sp³-hybridized carbons (Fsp3) is 0.500. The van der Waals surface area contributed by atoms with Gasteiger partial charge in [0, 0.05) is 41.5 Å². The molecule has 1 aromatic rings. The average Bonchev–Trinajstić information content (AvgIpc) is 2.54. The predicted molar refractivity (Wildman–Crippen MR) is 91.2 cm³/mol. The van der Waals surface area contributed by atoms with Crippen LogP contribution in [-0.2, 0) is 4.79 Å². The summed E-state index contributed by atoms with van der Waals surface area (Å²) < 4.78 is 0.952. The molecule has 22 heavy (non-hydrogen) atoms. The summed E-state index contributed by atoms with van der Waals surface area (Å²) in [6, 6.07) is 7.43. The first-order valence-electron chi connectivity index (χ1n) is 7.50. The van der Waals surface area contributed by atoms with Crippen LogP contribution in [0.3, 0.4) is 0 Å². The molecule has 6 heteroatoms. The lowest BCUT2D eigenvalue weighted by atomic mass is 10.0. The zero-order chi connectivity index (χ0) is 15.9. The Balaban J connectivity index is 1.78. The first-order chi connectivity index (χ1) is 10.6. The number of benzene rings is 1. The third kappa shape index (κ3) is 4.99. The molecule has 0 unspecified atom stereocenters. The molecule has 1 aliphatic heterocycles. The van der Waals surface area contributed by atoms with Crippen molar-refractivity contribution in [1.82, 2.24) is 10.2 Å². The van der Waals surface area contributed by atoms with Crippen LogP contribution in [0.2, 0.25) is 0 Å². The summed E-state index contributed by atoms with van der Waals surface area (Å²) in [6.07, 6.45) is 2.84. The van der Waals surface area contributed by atoms with E-state index in [1.807, 2.05) is 17.0 Å². The first kappa shape index (κ1) is 17.3. The van der Waals surface area contributed by atoms with Crippen LogP contribution in [0, 0.1) is 0 Å². The topological polar surface area (TPSA) is 49.4 Å². The Morgan fingerprint density at radius 2 is 1.86 bits per heavy atom. The fourth-order valence-electron chi connectivity index (χ4n) is 2.52. The van der Waals surface area contributed by atoms with Gasteiger partial charge < -0.3 is 10.2 Å². The highest BCUT2D eigenvalue weighted by molar-refractivity contribution is 9.10. The third-order valence-corrected chi connectivity index (χ3v) is 4.61. The second kappa shape index (κ2) is 8.53. The molecule has 0 radical (unpaired) electrons. The summed E-state index contributed by atoms with van der Waals surface area (Å²) in [5.74, 6) is 0.628. The lowest BCUT2D eigenvalue weighted by Gasteiger charge is -2.32. The van der Waals surface area contributed by atoms with Gasteiger partial charge in [-0.1, -0.05) is 15.9 Å². The number of rotatable bonds is 5. The van der Waals surface area contributed by atoms with Gasteiger partial charge in [0.2, 0.25) is 5.91 Å². The van der Waals surface area contributed by atoms with E-state index in [-0.39, 0.29) is 17.9 Å². The molecule has 1 saturated heterocycles. The Morgan fingerprint density at radius 3 is 2.45 bits per heavy atom. The van der Waals surface area contributed by atoms with Crippen LogP contribution in [0.4, 0.5) is 0 Å². The molecule has 0 aliphatic carbocycles. The largest absolute Gasteiger partial charge is 0.349 e. The van der Waals surface area contributed by atoms with Crippen molar-refractivity contribution in [3.05, 3.63) is 34.3 Å². The summed E-state index contributed by atoms with van der Waals surface area (Å²) in [5.41, 5.74) is 0.656. The average molecular weight is 388 g/mol. The molecular formula is C16H20BrClN2O2. The molecule has 0 atom stereocenters. The van der Waals surface area contributed by atoms with E-state index in [4.69, 9.17) is 11.6 Å². The lowest BCUT2D eigenvalue weighted by molar-refractivity contribution is -0.132. The molecule has 0 spiro atoms. The van der Waals surface area contributed by atoms with Crippen molar-refractivity contribution in [2.75, 3.05) is 19.0 Å². The summed E-state index contributed by atoms with van der Waals surface area (Å²) >= 11 is 8.97. The van der Waals surface area contributed by atoms with Crippen molar-refractivity contribution in [1.29, 1.82) is 0 Å². The number of likely N-dealkylation sites (tertiary alicyclic amines) is 1. The number of alkyl halides is 1. The summed E-state index contributed by atoms with van der Waals surface area (Å²) in [6.45, 7) is 1.40. The minimum absolute atomic E-state index is 0.0561.